The Balaban J connectivity index is 1.56. The summed E-state index contributed by atoms with van der Waals surface area (Å²) in [5.74, 6) is 1.07. The van der Waals surface area contributed by atoms with Crippen LogP contribution in [0.4, 0.5) is 4.39 Å². The van der Waals surface area contributed by atoms with Crippen LogP contribution < -0.4 is 4.74 Å². The van der Waals surface area contributed by atoms with Crippen molar-refractivity contribution in [2.75, 3.05) is 7.11 Å². The second-order valence-corrected chi connectivity index (χ2v) is 7.07. The Morgan fingerprint density at radius 3 is 2.64 bits per heavy atom. The zero-order chi connectivity index (χ0) is 19.5. The van der Waals surface area contributed by atoms with Gasteiger partial charge >= 0.3 is 0 Å². The molecule has 1 atom stereocenters. The van der Waals surface area contributed by atoms with Crippen molar-refractivity contribution in [1.82, 2.24) is 30.4 Å². The number of para-hydroxylation sites is 2. The van der Waals surface area contributed by atoms with Crippen LogP contribution >= 0.6 is 11.8 Å². The molecule has 0 radical (unpaired) electrons. The maximum atomic E-state index is 13.1. The molecule has 0 amide bonds. The molecule has 0 spiro atoms. The molecular formula is C18H15FN6O2S. The first-order chi connectivity index (χ1) is 13.7. The molecule has 0 aliphatic carbocycles. The molecule has 0 fully saturated rings. The highest BCUT2D eigenvalue weighted by Gasteiger charge is 2.21. The van der Waals surface area contributed by atoms with Crippen LogP contribution in [0.5, 0.6) is 5.75 Å². The minimum Gasteiger partial charge on any atom is -0.494 e. The number of rotatable bonds is 6. The van der Waals surface area contributed by atoms with Crippen molar-refractivity contribution in [1.29, 1.82) is 0 Å². The van der Waals surface area contributed by atoms with Crippen molar-refractivity contribution in [2.45, 2.75) is 17.3 Å². The van der Waals surface area contributed by atoms with Crippen LogP contribution in [0.1, 0.15) is 18.1 Å². The van der Waals surface area contributed by atoms with Gasteiger partial charge in [-0.05, 0) is 53.7 Å². The van der Waals surface area contributed by atoms with Gasteiger partial charge in [0.15, 0.2) is 0 Å². The van der Waals surface area contributed by atoms with Crippen LogP contribution in [-0.4, -0.2) is 37.5 Å². The lowest BCUT2D eigenvalue weighted by molar-refractivity contribution is 0.410. The quantitative estimate of drug-likeness (QED) is 0.454. The van der Waals surface area contributed by atoms with E-state index in [4.69, 9.17) is 9.15 Å². The highest BCUT2D eigenvalue weighted by atomic mass is 32.2. The van der Waals surface area contributed by atoms with Gasteiger partial charge < -0.3 is 9.15 Å². The summed E-state index contributed by atoms with van der Waals surface area (Å²) in [5.41, 5.74) is 1.37. The maximum absolute atomic E-state index is 13.1. The number of halogens is 1. The topological polar surface area (TPSA) is 91.8 Å². The number of benzene rings is 2. The van der Waals surface area contributed by atoms with E-state index in [1.165, 1.54) is 23.9 Å². The summed E-state index contributed by atoms with van der Waals surface area (Å²) >= 11 is 1.37. The monoisotopic (exact) mass is 398 g/mol. The third-order valence-electron chi connectivity index (χ3n) is 3.92. The highest BCUT2D eigenvalue weighted by Crippen LogP contribution is 2.35. The fourth-order valence-corrected chi connectivity index (χ4v) is 3.36. The van der Waals surface area contributed by atoms with Gasteiger partial charge in [-0.3, -0.25) is 0 Å². The minimum atomic E-state index is -0.324. The van der Waals surface area contributed by atoms with E-state index in [-0.39, 0.29) is 11.1 Å². The second kappa shape index (κ2) is 7.77. The van der Waals surface area contributed by atoms with Gasteiger partial charge in [0.05, 0.1) is 12.4 Å². The van der Waals surface area contributed by atoms with Gasteiger partial charge in [0.2, 0.25) is 16.9 Å². The SMILES string of the molecule is COc1ccccc1-n1nnnc1S[C@H](C)c1nnc(-c2ccc(F)cc2)o1. The Morgan fingerprint density at radius 2 is 1.86 bits per heavy atom. The average molecular weight is 398 g/mol. The number of thioether (sulfide) groups is 1. The summed E-state index contributed by atoms with van der Waals surface area (Å²) in [6.07, 6.45) is 0. The predicted octanol–water partition coefficient (Wildman–Crippen LogP) is 3.71. The summed E-state index contributed by atoms with van der Waals surface area (Å²) in [6.45, 7) is 1.91. The third kappa shape index (κ3) is 3.58. The molecule has 8 nitrogen and oxygen atoms in total. The van der Waals surface area contributed by atoms with Gasteiger partial charge in [-0.15, -0.1) is 15.3 Å². The Kier molecular flexibility index (Phi) is 5.02. The second-order valence-electron chi connectivity index (χ2n) is 5.76. The van der Waals surface area contributed by atoms with E-state index < -0.39 is 0 Å². The molecule has 10 heteroatoms. The number of aromatic nitrogens is 6. The smallest absolute Gasteiger partial charge is 0.247 e. The highest BCUT2D eigenvalue weighted by molar-refractivity contribution is 7.99. The summed E-state index contributed by atoms with van der Waals surface area (Å²) in [6, 6.07) is 13.3. The van der Waals surface area contributed by atoms with Crippen molar-refractivity contribution in [2.24, 2.45) is 0 Å². The van der Waals surface area contributed by atoms with Gasteiger partial charge in [0.25, 0.3) is 0 Å². The molecule has 0 saturated carbocycles. The molecule has 0 bridgehead atoms. The van der Waals surface area contributed by atoms with Crippen LogP contribution in [0, 0.1) is 5.82 Å². The first kappa shape index (κ1) is 18.1. The van der Waals surface area contributed by atoms with Crippen LogP contribution in [0.25, 0.3) is 17.1 Å². The van der Waals surface area contributed by atoms with Crippen molar-refractivity contribution in [3.05, 3.63) is 60.2 Å². The molecular weight excluding hydrogens is 383 g/mol. The van der Waals surface area contributed by atoms with E-state index >= 15 is 0 Å². The predicted molar refractivity (Wildman–Crippen MR) is 99.7 cm³/mol. The number of tetrazole rings is 1. The molecule has 0 saturated heterocycles. The zero-order valence-electron chi connectivity index (χ0n) is 15.0. The Bertz CT molecular complexity index is 1080. The maximum Gasteiger partial charge on any atom is 0.247 e. The average Bonchev–Trinajstić information content (AvgIpc) is 3.38. The number of methoxy groups -OCH3 is 1. The van der Waals surface area contributed by atoms with Crippen molar-refractivity contribution in [3.63, 3.8) is 0 Å². The largest absolute Gasteiger partial charge is 0.494 e. The summed E-state index contributed by atoms with van der Waals surface area (Å²) < 4.78 is 25.8. The van der Waals surface area contributed by atoms with E-state index in [9.17, 15) is 4.39 Å². The van der Waals surface area contributed by atoms with Gasteiger partial charge in [0.1, 0.15) is 17.3 Å². The van der Waals surface area contributed by atoms with Crippen molar-refractivity contribution in [3.8, 4) is 22.9 Å². The normalized spacial score (nSPS) is 12.1. The molecule has 4 rings (SSSR count). The molecule has 2 heterocycles. The molecule has 28 heavy (non-hydrogen) atoms. The van der Waals surface area contributed by atoms with Crippen LogP contribution in [0.3, 0.4) is 0 Å². The Hall–Kier alpha value is -3.27. The van der Waals surface area contributed by atoms with Crippen molar-refractivity contribution < 1.29 is 13.5 Å². The number of ether oxygens (including phenoxy) is 1. The lowest BCUT2D eigenvalue weighted by atomic mass is 10.2. The van der Waals surface area contributed by atoms with E-state index in [1.54, 1.807) is 23.9 Å². The molecule has 0 aliphatic rings. The molecule has 142 valence electrons. The third-order valence-corrected chi connectivity index (χ3v) is 4.94. The van der Waals surface area contributed by atoms with Crippen LogP contribution in [0.2, 0.25) is 0 Å². The van der Waals surface area contributed by atoms with E-state index in [2.05, 4.69) is 25.7 Å². The molecule has 0 N–H and O–H groups in total. The van der Waals surface area contributed by atoms with Gasteiger partial charge in [-0.25, -0.2) is 4.39 Å². The number of nitrogens with zero attached hydrogens (tertiary/aromatic N) is 6. The van der Waals surface area contributed by atoms with Gasteiger partial charge in [-0.1, -0.05) is 23.9 Å². The summed E-state index contributed by atoms with van der Waals surface area (Å²) in [5, 5.41) is 20.4. The molecule has 2 aromatic heterocycles. The van der Waals surface area contributed by atoms with Crippen LogP contribution in [0.15, 0.2) is 58.1 Å². The summed E-state index contributed by atoms with van der Waals surface area (Å²) in [4.78, 5) is 0. The standard InChI is InChI=1S/C18H15FN6O2S/c1-11(16-20-21-17(27-16)12-7-9-13(19)10-8-12)28-18-22-23-24-25(18)14-5-3-4-6-15(14)26-2/h3-11H,1-2H3/t11-/m1/s1. The van der Waals surface area contributed by atoms with E-state index in [0.29, 0.717) is 28.3 Å². The fourth-order valence-electron chi connectivity index (χ4n) is 2.52. The Labute approximate surface area is 163 Å². The van der Waals surface area contributed by atoms with E-state index in [0.717, 1.165) is 5.69 Å². The fraction of sp³-hybridized carbons (Fsp3) is 0.167. The number of hydrogen-bond donors (Lipinski definition) is 0. The Morgan fingerprint density at radius 1 is 1.07 bits per heavy atom. The lowest BCUT2D eigenvalue weighted by Gasteiger charge is -2.10. The van der Waals surface area contributed by atoms with Gasteiger partial charge in [0, 0.05) is 5.56 Å². The lowest BCUT2D eigenvalue weighted by Crippen LogP contribution is -2.02. The molecule has 0 unspecified atom stereocenters. The van der Waals surface area contributed by atoms with Gasteiger partial charge in [-0.2, -0.15) is 4.68 Å². The van der Waals surface area contributed by atoms with Crippen LogP contribution in [-0.2, 0) is 0 Å². The molecule has 4 aromatic rings. The zero-order valence-corrected chi connectivity index (χ0v) is 15.8. The molecule has 2 aromatic carbocycles. The number of hydrogen-bond acceptors (Lipinski definition) is 8. The molecule has 0 aliphatic heterocycles. The summed E-state index contributed by atoms with van der Waals surface area (Å²) in [7, 11) is 1.59. The van der Waals surface area contributed by atoms with E-state index in [1.807, 2.05) is 31.2 Å². The first-order valence-corrected chi connectivity index (χ1v) is 9.21. The van der Waals surface area contributed by atoms with Crippen molar-refractivity contribution >= 4 is 11.8 Å². The first-order valence-electron chi connectivity index (χ1n) is 8.33. The minimum absolute atomic E-state index is 0.207.